The molecule has 0 radical (unpaired) electrons. The lowest BCUT2D eigenvalue weighted by atomic mass is 10.2. The quantitative estimate of drug-likeness (QED) is 0.518. The van der Waals surface area contributed by atoms with E-state index in [2.05, 4.69) is 10.0 Å². The molecule has 0 aliphatic carbocycles. The maximum Gasteiger partial charge on any atom is 0.245 e. The number of halogens is 1. The number of nitrogens with one attached hydrogen (secondary N) is 2. The van der Waals surface area contributed by atoms with E-state index in [-0.39, 0.29) is 15.7 Å². The second-order valence-electron chi connectivity index (χ2n) is 6.54. The number of para-hydroxylation sites is 3. The van der Waals surface area contributed by atoms with Gasteiger partial charge in [-0.05, 0) is 49.4 Å². The zero-order valence-electron chi connectivity index (χ0n) is 16.8. The van der Waals surface area contributed by atoms with Gasteiger partial charge in [0.25, 0.3) is 0 Å². The maximum absolute atomic E-state index is 12.8. The standard InChI is InChI=1S/C22H21ClN2O5S/c1-15(25-31(27,28)21-14-16(23)12-13-20(21)29-2)22(26)24-18-10-6-7-11-19(18)30-17-8-4-3-5-9-17/h3-15,25H,1-2H3,(H,24,26). The van der Waals surface area contributed by atoms with Crippen LogP contribution >= 0.6 is 11.6 Å². The summed E-state index contributed by atoms with van der Waals surface area (Å²) in [5.74, 6) is 0.583. The highest BCUT2D eigenvalue weighted by molar-refractivity contribution is 7.89. The van der Waals surface area contributed by atoms with Crippen molar-refractivity contribution < 1.29 is 22.7 Å². The van der Waals surface area contributed by atoms with Crippen LogP contribution in [0.15, 0.2) is 77.7 Å². The highest BCUT2D eigenvalue weighted by Crippen LogP contribution is 2.30. The van der Waals surface area contributed by atoms with Crippen LogP contribution in [0.5, 0.6) is 17.2 Å². The molecule has 2 N–H and O–H groups in total. The molecule has 0 heterocycles. The lowest BCUT2D eigenvalue weighted by molar-refractivity contribution is -0.117. The van der Waals surface area contributed by atoms with Gasteiger partial charge >= 0.3 is 0 Å². The van der Waals surface area contributed by atoms with E-state index < -0.39 is 22.0 Å². The van der Waals surface area contributed by atoms with Crippen molar-refractivity contribution in [3.8, 4) is 17.2 Å². The average Bonchev–Trinajstić information content (AvgIpc) is 2.75. The lowest BCUT2D eigenvalue weighted by Crippen LogP contribution is -2.41. The fraction of sp³-hybridized carbons (Fsp3) is 0.136. The molecule has 9 heteroatoms. The Kier molecular flexibility index (Phi) is 7.17. The minimum Gasteiger partial charge on any atom is -0.495 e. The van der Waals surface area contributed by atoms with Crippen LogP contribution in [0.4, 0.5) is 5.69 Å². The number of amides is 1. The highest BCUT2D eigenvalue weighted by Gasteiger charge is 2.26. The van der Waals surface area contributed by atoms with Crippen LogP contribution in [0.1, 0.15) is 6.92 Å². The number of methoxy groups -OCH3 is 1. The van der Waals surface area contributed by atoms with Crippen molar-refractivity contribution in [1.29, 1.82) is 0 Å². The molecule has 1 atom stereocenters. The van der Waals surface area contributed by atoms with E-state index in [4.69, 9.17) is 21.1 Å². The van der Waals surface area contributed by atoms with Crippen LogP contribution in [-0.2, 0) is 14.8 Å². The average molecular weight is 461 g/mol. The smallest absolute Gasteiger partial charge is 0.245 e. The molecular weight excluding hydrogens is 440 g/mol. The third-order valence-corrected chi connectivity index (χ3v) is 6.05. The van der Waals surface area contributed by atoms with Crippen molar-refractivity contribution >= 4 is 33.2 Å². The van der Waals surface area contributed by atoms with Gasteiger partial charge in [0.1, 0.15) is 16.4 Å². The van der Waals surface area contributed by atoms with Crippen LogP contribution in [0.3, 0.4) is 0 Å². The van der Waals surface area contributed by atoms with Gasteiger partial charge in [0.05, 0.1) is 18.8 Å². The monoisotopic (exact) mass is 460 g/mol. The van der Waals surface area contributed by atoms with Crippen LogP contribution in [0.25, 0.3) is 0 Å². The molecule has 0 aliphatic rings. The Labute approximate surface area is 186 Å². The van der Waals surface area contributed by atoms with E-state index in [0.29, 0.717) is 17.2 Å². The van der Waals surface area contributed by atoms with Gasteiger partial charge in [-0.3, -0.25) is 4.79 Å². The molecule has 3 aromatic rings. The Bertz CT molecular complexity index is 1170. The number of carbonyl (C=O) groups is 1. The molecule has 0 saturated carbocycles. The van der Waals surface area contributed by atoms with Gasteiger partial charge in [-0.15, -0.1) is 0 Å². The molecule has 31 heavy (non-hydrogen) atoms. The number of benzene rings is 3. The van der Waals surface area contributed by atoms with E-state index in [1.165, 1.54) is 32.2 Å². The molecule has 0 aliphatic heterocycles. The van der Waals surface area contributed by atoms with Gasteiger partial charge in [-0.2, -0.15) is 4.72 Å². The summed E-state index contributed by atoms with van der Waals surface area (Å²) in [6, 6.07) is 19.1. The Morgan fingerprint density at radius 1 is 0.968 bits per heavy atom. The van der Waals surface area contributed by atoms with E-state index in [1.54, 1.807) is 36.4 Å². The summed E-state index contributed by atoms with van der Waals surface area (Å²) in [6.07, 6.45) is 0. The molecule has 1 unspecified atom stereocenters. The number of sulfonamides is 1. The molecule has 0 saturated heterocycles. The number of hydrogen-bond donors (Lipinski definition) is 2. The van der Waals surface area contributed by atoms with Crippen LogP contribution in [-0.4, -0.2) is 27.5 Å². The lowest BCUT2D eigenvalue weighted by Gasteiger charge is -2.17. The predicted molar refractivity (Wildman–Crippen MR) is 119 cm³/mol. The second kappa shape index (κ2) is 9.82. The van der Waals surface area contributed by atoms with Crippen molar-refractivity contribution in [2.75, 3.05) is 12.4 Å². The summed E-state index contributed by atoms with van der Waals surface area (Å²) in [4.78, 5) is 12.5. The van der Waals surface area contributed by atoms with Crippen LogP contribution in [0.2, 0.25) is 5.02 Å². The molecule has 0 bridgehead atoms. The van der Waals surface area contributed by atoms with E-state index in [0.717, 1.165) is 0 Å². The summed E-state index contributed by atoms with van der Waals surface area (Å²) >= 11 is 5.93. The van der Waals surface area contributed by atoms with Crippen molar-refractivity contribution in [3.05, 3.63) is 77.8 Å². The third kappa shape index (κ3) is 5.75. The molecule has 7 nitrogen and oxygen atoms in total. The number of hydrogen-bond acceptors (Lipinski definition) is 5. The SMILES string of the molecule is COc1ccc(Cl)cc1S(=O)(=O)NC(C)C(=O)Nc1ccccc1Oc1ccccc1. The molecule has 162 valence electrons. The van der Waals surface area contributed by atoms with E-state index in [1.807, 2.05) is 18.2 Å². The normalized spacial score (nSPS) is 12.1. The summed E-state index contributed by atoms with van der Waals surface area (Å²) < 4.78 is 38.8. The first-order valence-corrected chi connectivity index (χ1v) is 11.1. The zero-order chi connectivity index (χ0) is 22.4. The Morgan fingerprint density at radius 3 is 2.35 bits per heavy atom. The van der Waals surface area contributed by atoms with Crippen molar-refractivity contribution in [2.24, 2.45) is 0 Å². The minimum atomic E-state index is -4.07. The fourth-order valence-corrected chi connectivity index (χ4v) is 4.36. The topological polar surface area (TPSA) is 93.7 Å². The first-order chi connectivity index (χ1) is 14.8. The number of anilines is 1. The van der Waals surface area contributed by atoms with Gasteiger partial charge < -0.3 is 14.8 Å². The van der Waals surface area contributed by atoms with E-state index >= 15 is 0 Å². The predicted octanol–water partition coefficient (Wildman–Crippen LogP) is 4.45. The summed E-state index contributed by atoms with van der Waals surface area (Å²) in [6.45, 7) is 1.44. The van der Waals surface area contributed by atoms with Gasteiger partial charge in [-0.1, -0.05) is 41.9 Å². The Hall–Kier alpha value is -3.07. The molecule has 1 amide bonds. The Morgan fingerprint density at radius 2 is 1.65 bits per heavy atom. The first kappa shape index (κ1) is 22.6. The van der Waals surface area contributed by atoms with Crippen molar-refractivity contribution in [1.82, 2.24) is 4.72 Å². The second-order valence-corrected chi connectivity index (χ2v) is 8.66. The molecule has 3 aromatic carbocycles. The summed E-state index contributed by atoms with van der Waals surface area (Å²) in [7, 11) is -2.72. The third-order valence-electron chi connectivity index (χ3n) is 4.26. The van der Waals surface area contributed by atoms with E-state index in [9.17, 15) is 13.2 Å². The van der Waals surface area contributed by atoms with Gasteiger partial charge in [0, 0.05) is 5.02 Å². The van der Waals surface area contributed by atoms with Crippen molar-refractivity contribution in [2.45, 2.75) is 17.9 Å². The number of rotatable bonds is 8. The molecular formula is C22H21ClN2O5S. The summed E-state index contributed by atoms with van der Waals surface area (Å²) in [5.41, 5.74) is 0.405. The molecule has 0 aromatic heterocycles. The van der Waals surface area contributed by atoms with Gasteiger partial charge in [0.2, 0.25) is 15.9 Å². The number of ether oxygens (including phenoxy) is 2. The Balaban J connectivity index is 1.75. The van der Waals surface area contributed by atoms with Crippen molar-refractivity contribution in [3.63, 3.8) is 0 Å². The highest BCUT2D eigenvalue weighted by atomic mass is 35.5. The summed E-state index contributed by atoms with van der Waals surface area (Å²) in [5, 5.41) is 2.92. The van der Waals surface area contributed by atoms with Crippen LogP contribution in [0, 0.1) is 0 Å². The number of carbonyl (C=O) groups excluding carboxylic acids is 1. The first-order valence-electron chi connectivity index (χ1n) is 9.29. The zero-order valence-corrected chi connectivity index (χ0v) is 18.4. The molecule has 3 rings (SSSR count). The van der Waals surface area contributed by atoms with Crippen LogP contribution < -0.4 is 19.5 Å². The fourth-order valence-electron chi connectivity index (χ4n) is 2.73. The molecule has 0 fully saturated rings. The molecule has 0 spiro atoms. The largest absolute Gasteiger partial charge is 0.495 e. The minimum absolute atomic E-state index is 0.117. The maximum atomic E-state index is 12.8. The van der Waals surface area contributed by atoms with Gasteiger partial charge in [0.15, 0.2) is 5.75 Å². The van der Waals surface area contributed by atoms with Gasteiger partial charge in [-0.25, -0.2) is 8.42 Å².